The maximum atomic E-state index is 13.2. The standard InChI is InChI=1S/C24H30Cl2N2O7/c1-6-33-20(30)17-16-15(27-19(29)12-8-13(25)10-14(26)9-12)11-24(18(16)17,21(31)34-7-2)28-22(32)35-23(3,4)5/h8-10,15-18H,6-7,11H2,1-5H3,(H,27,29)(H,28,32)/t15?,16?,17-,18?,24?/m0/s1. The number of ether oxygens (including phenoxy) is 3. The Kier molecular flexibility index (Phi) is 7.91. The highest BCUT2D eigenvalue weighted by Gasteiger charge is 2.76. The van der Waals surface area contributed by atoms with Crippen molar-refractivity contribution in [2.45, 2.75) is 58.2 Å². The third kappa shape index (κ3) is 5.83. The van der Waals surface area contributed by atoms with Crippen LogP contribution in [0, 0.1) is 17.8 Å². The maximum absolute atomic E-state index is 13.2. The van der Waals surface area contributed by atoms with E-state index in [9.17, 15) is 19.2 Å². The zero-order valence-corrected chi connectivity index (χ0v) is 21.8. The lowest BCUT2D eigenvalue weighted by atomic mass is 9.88. The van der Waals surface area contributed by atoms with Crippen LogP contribution in [-0.4, -0.2) is 54.3 Å². The highest BCUT2D eigenvalue weighted by atomic mass is 35.5. The van der Waals surface area contributed by atoms with Gasteiger partial charge in [0.1, 0.15) is 11.1 Å². The number of rotatable bonds is 7. The Bertz CT molecular complexity index is 1010. The van der Waals surface area contributed by atoms with Gasteiger partial charge >= 0.3 is 18.0 Å². The average molecular weight is 529 g/mol. The van der Waals surface area contributed by atoms with Gasteiger partial charge in [-0.2, -0.15) is 0 Å². The molecule has 2 amide bonds. The summed E-state index contributed by atoms with van der Waals surface area (Å²) in [5, 5.41) is 6.13. The fourth-order valence-corrected chi connectivity index (χ4v) is 5.39. The number of hydrogen-bond donors (Lipinski definition) is 2. The third-order valence-electron chi connectivity index (χ3n) is 6.01. The Morgan fingerprint density at radius 3 is 2.17 bits per heavy atom. The van der Waals surface area contributed by atoms with Crippen LogP contribution in [0.2, 0.25) is 10.0 Å². The molecule has 1 aromatic carbocycles. The van der Waals surface area contributed by atoms with Crippen LogP contribution in [0.15, 0.2) is 18.2 Å². The number of nitrogens with one attached hydrogen (secondary N) is 2. The van der Waals surface area contributed by atoms with Crippen molar-refractivity contribution < 1.29 is 33.4 Å². The van der Waals surface area contributed by atoms with Crippen molar-refractivity contribution in [3.05, 3.63) is 33.8 Å². The highest BCUT2D eigenvalue weighted by molar-refractivity contribution is 6.35. The molecule has 0 aliphatic heterocycles. The summed E-state index contributed by atoms with van der Waals surface area (Å²) in [6, 6.07) is 3.78. The van der Waals surface area contributed by atoms with E-state index in [1.807, 2.05) is 0 Å². The minimum Gasteiger partial charge on any atom is -0.466 e. The van der Waals surface area contributed by atoms with Crippen LogP contribution in [-0.2, 0) is 23.8 Å². The van der Waals surface area contributed by atoms with Crippen LogP contribution in [0.4, 0.5) is 4.79 Å². The highest BCUT2D eigenvalue weighted by Crippen LogP contribution is 2.63. The zero-order chi connectivity index (χ0) is 26.1. The normalized spacial score (nSPS) is 26.8. The van der Waals surface area contributed by atoms with Crippen LogP contribution in [0.25, 0.3) is 0 Å². The second kappa shape index (κ2) is 10.2. The number of halogens is 2. The van der Waals surface area contributed by atoms with Crippen molar-refractivity contribution in [3.63, 3.8) is 0 Å². The van der Waals surface area contributed by atoms with Crippen molar-refractivity contribution in [1.82, 2.24) is 10.6 Å². The third-order valence-corrected chi connectivity index (χ3v) is 6.45. The Balaban J connectivity index is 1.94. The fraction of sp³-hybridized carbons (Fsp3) is 0.583. The second-order valence-electron chi connectivity index (χ2n) is 9.64. The molecule has 0 heterocycles. The summed E-state index contributed by atoms with van der Waals surface area (Å²) in [7, 11) is 0. The van der Waals surface area contributed by atoms with E-state index in [-0.39, 0.29) is 35.2 Å². The maximum Gasteiger partial charge on any atom is 0.408 e. The Labute approximate surface area is 214 Å². The molecule has 2 aliphatic carbocycles. The molecule has 2 fully saturated rings. The molecule has 4 unspecified atom stereocenters. The zero-order valence-electron chi connectivity index (χ0n) is 20.3. The molecule has 0 radical (unpaired) electrons. The molecule has 1 aromatic rings. The number of fused-ring (bicyclic) bond motifs is 1. The molecular formula is C24H30Cl2N2O7. The first-order chi connectivity index (χ1) is 16.3. The molecular weight excluding hydrogens is 499 g/mol. The van der Waals surface area contributed by atoms with Gasteiger partial charge < -0.3 is 24.8 Å². The van der Waals surface area contributed by atoms with Gasteiger partial charge in [0.25, 0.3) is 5.91 Å². The van der Waals surface area contributed by atoms with Crippen molar-refractivity contribution in [2.75, 3.05) is 13.2 Å². The molecule has 0 saturated heterocycles. The van der Waals surface area contributed by atoms with Gasteiger partial charge in [0.05, 0.1) is 19.1 Å². The van der Waals surface area contributed by atoms with E-state index in [1.54, 1.807) is 34.6 Å². The first kappa shape index (κ1) is 27.1. The summed E-state index contributed by atoms with van der Waals surface area (Å²) in [5.74, 6) is -3.49. The number of benzene rings is 1. The summed E-state index contributed by atoms with van der Waals surface area (Å²) in [6.45, 7) is 8.62. The van der Waals surface area contributed by atoms with Gasteiger partial charge in [0.15, 0.2) is 0 Å². The summed E-state index contributed by atoms with van der Waals surface area (Å²) < 4.78 is 15.9. The lowest BCUT2D eigenvalue weighted by Crippen LogP contribution is -2.59. The van der Waals surface area contributed by atoms with E-state index in [1.165, 1.54) is 18.2 Å². The number of carbonyl (C=O) groups excluding carboxylic acids is 4. The van der Waals surface area contributed by atoms with Crippen LogP contribution in [0.5, 0.6) is 0 Å². The summed E-state index contributed by atoms with van der Waals surface area (Å²) in [5.41, 5.74) is -2.17. The van der Waals surface area contributed by atoms with E-state index in [2.05, 4.69) is 10.6 Å². The van der Waals surface area contributed by atoms with Gasteiger partial charge in [0, 0.05) is 34.0 Å². The van der Waals surface area contributed by atoms with Crippen LogP contribution < -0.4 is 10.6 Å². The number of hydrogen-bond acceptors (Lipinski definition) is 7. The number of esters is 2. The molecule has 2 aliphatic rings. The smallest absolute Gasteiger partial charge is 0.408 e. The van der Waals surface area contributed by atoms with Crippen molar-refractivity contribution in [3.8, 4) is 0 Å². The van der Waals surface area contributed by atoms with Crippen molar-refractivity contribution in [1.29, 1.82) is 0 Å². The molecule has 0 bridgehead atoms. The predicted molar refractivity (Wildman–Crippen MR) is 128 cm³/mol. The molecule has 35 heavy (non-hydrogen) atoms. The molecule has 9 nitrogen and oxygen atoms in total. The van der Waals surface area contributed by atoms with E-state index < -0.39 is 58.9 Å². The van der Waals surface area contributed by atoms with E-state index in [4.69, 9.17) is 37.4 Å². The molecule has 0 aromatic heterocycles. The monoisotopic (exact) mass is 528 g/mol. The van der Waals surface area contributed by atoms with Gasteiger partial charge in [-0.1, -0.05) is 23.2 Å². The van der Waals surface area contributed by atoms with Gasteiger partial charge in [-0.05, 0) is 58.7 Å². The summed E-state index contributed by atoms with van der Waals surface area (Å²) >= 11 is 12.1. The topological polar surface area (TPSA) is 120 Å². The molecule has 192 valence electrons. The first-order valence-corrected chi connectivity index (χ1v) is 12.2. The molecule has 3 rings (SSSR count). The number of alkyl carbamates (subject to hydrolysis) is 1. The van der Waals surface area contributed by atoms with Crippen LogP contribution >= 0.6 is 23.2 Å². The van der Waals surface area contributed by atoms with Crippen molar-refractivity contribution >= 4 is 47.1 Å². The molecule has 0 spiro atoms. The first-order valence-electron chi connectivity index (χ1n) is 11.4. The molecule has 2 saturated carbocycles. The largest absolute Gasteiger partial charge is 0.466 e. The average Bonchev–Trinajstić information content (AvgIpc) is 3.40. The number of amides is 2. The minimum absolute atomic E-state index is 0.0103. The summed E-state index contributed by atoms with van der Waals surface area (Å²) in [4.78, 5) is 51.7. The molecule has 5 atom stereocenters. The lowest BCUT2D eigenvalue weighted by molar-refractivity contribution is -0.153. The van der Waals surface area contributed by atoms with Gasteiger partial charge in [-0.25, -0.2) is 9.59 Å². The quantitative estimate of drug-likeness (QED) is 0.408. The van der Waals surface area contributed by atoms with Gasteiger partial charge in [0.2, 0.25) is 0 Å². The molecule has 2 N–H and O–H groups in total. The van der Waals surface area contributed by atoms with E-state index in [0.29, 0.717) is 0 Å². The van der Waals surface area contributed by atoms with Crippen molar-refractivity contribution in [2.24, 2.45) is 17.8 Å². The Morgan fingerprint density at radius 1 is 1.03 bits per heavy atom. The van der Waals surface area contributed by atoms with E-state index in [0.717, 1.165) is 0 Å². The lowest BCUT2D eigenvalue weighted by Gasteiger charge is -2.33. The van der Waals surface area contributed by atoms with Crippen LogP contribution in [0.3, 0.4) is 0 Å². The molecule has 11 heteroatoms. The fourth-order valence-electron chi connectivity index (χ4n) is 4.87. The second-order valence-corrected chi connectivity index (χ2v) is 10.5. The minimum atomic E-state index is -1.58. The Morgan fingerprint density at radius 2 is 1.63 bits per heavy atom. The van der Waals surface area contributed by atoms with E-state index >= 15 is 0 Å². The predicted octanol–water partition coefficient (Wildman–Crippen LogP) is 3.75. The van der Waals surface area contributed by atoms with Crippen LogP contribution in [0.1, 0.15) is 51.4 Å². The van der Waals surface area contributed by atoms with Gasteiger partial charge in [-0.15, -0.1) is 0 Å². The number of carbonyl (C=O) groups is 4. The SMILES string of the molecule is CCOC(=O)[C@H]1C2C(NC(=O)c3cc(Cl)cc(Cl)c3)CC(NC(=O)OC(C)(C)C)(C(=O)OCC)C21. The Hall–Kier alpha value is -2.52. The summed E-state index contributed by atoms with van der Waals surface area (Å²) in [6.07, 6.45) is -0.816. The van der Waals surface area contributed by atoms with Gasteiger partial charge in [-0.3, -0.25) is 9.59 Å².